The number of benzene rings is 2. The van der Waals surface area contributed by atoms with Crippen LogP contribution in [0.2, 0.25) is 5.04 Å². The molecule has 162 valence electrons. The molecule has 1 saturated heterocycles. The molecule has 2 aromatic rings. The maximum atomic E-state index is 7.45. The largest absolute Gasteiger partial charge is 0.404 e. The zero-order valence-corrected chi connectivity index (χ0v) is 19.9. The molecule has 0 amide bonds. The Morgan fingerprint density at radius 2 is 1.47 bits per heavy atom. The molecule has 0 radical (unpaired) electrons. The third-order valence-electron chi connectivity index (χ3n) is 6.99. The number of hydrogen-bond acceptors (Lipinski definition) is 3. The molecule has 2 aromatic carbocycles. The van der Waals surface area contributed by atoms with Crippen molar-refractivity contribution in [3.63, 3.8) is 0 Å². The molecule has 0 aromatic heterocycles. The molecule has 2 fully saturated rings. The normalized spacial score (nSPS) is 24.3. The summed E-state index contributed by atoms with van der Waals surface area (Å²) in [5.74, 6) is 0.0740. The Bertz CT molecular complexity index is 770. The lowest BCUT2D eigenvalue weighted by Gasteiger charge is -2.49. The van der Waals surface area contributed by atoms with Crippen molar-refractivity contribution < 1.29 is 13.9 Å². The molecule has 1 heterocycles. The molecule has 1 saturated carbocycles. The van der Waals surface area contributed by atoms with Gasteiger partial charge in [-0.05, 0) is 27.8 Å². The highest BCUT2D eigenvalue weighted by molar-refractivity contribution is 6.99. The van der Waals surface area contributed by atoms with E-state index in [-0.39, 0.29) is 16.9 Å². The summed E-state index contributed by atoms with van der Waals surface area (Å²) >= 11 is 0. The Balaban J connectivity index is 1.75. The summed E-state index contributed by atoms with van der Waals surface area (Å²) in [6, 6.07) is 21.9. The average molecular weight is 425 g/mol. The zero-order valence-electron chi connectivity index (χ0n) is 18.9. The number of ether oxygens (including phenoxy) is 2. The van der Waals surface area contributed by atoms with Gasteiger partial charge in [0.1, 0.15) is 0 Å². The highest BCUT2D eigenvalue weighted by Crippen LogP contribution is 2.45. The van der Waals surface area contributed by atoms with Crippen LogP contribution in [0.15, 0.2) is 60.7 Å². The molecule has 2 aliphatic rings. The Labute approximate surface area is 182 Å². The predicted octanol–water partition coefficient (Wildman–Crippen LogP) is 4.88. The van der Waals surface area contributed by atoms with Crippen molar-refractivity contribution in [3.05, 3.63) is 60.7 Å². The van der Waals surface area contributed by atoms with Gasteiger partial charge in [0.05, 0.1) is 13.2 Å². The van der Waals surface area contributed by atoms with Gasteiger partial charge in [-0.3, -0.25) is 0 Å². The predicted molar refractivity (Wildman–Crippen MR) is 125 cm³/mol. The summed E-state index contributed by atoms with van der Waals surface area (Å²) in [5.41, 5.74) is 0. The molecular formula is C26H36O3Si. The van der Waals surface area contributed by atoms with E-state index in [1.54, 1.807) is 0 Å². The van der Waals surface area contributed by atoms with Crippen LogP contribution < -0.4 is 10.4 Å². The molecule has 2 atom stereocenters. The van der Waals surface area contributed by atoms with Gasteiger partial charge in [-0.2, -0.15) is 0 Å². The van der Waals surface area contributed by atoms with Crippen molar-refractivity contribution in [1.29, 1.82) is 0 Å². The van der Waals surface area contributed by atoms with E-state index in [2.05, 4.69) is 88.4 Å². The maximum Gasteiger partial charge on any atom is 0.261 e. The number of rotatable bonds is 5. The minimum Gasteiger partial charge on any atom is -0.404 e. The molecule has 1 aliphatic heterocycles. The van der Waals surface area contributed by atoms with Gasteiger partial charge in [-0.25, -0.2) is 0 Å². The molecule has 0 bridgehead atoms. The van der Waals surface area contributed by atoms with Crippen LogP contribution in [-0.4, -0.2) is 33.4 Å². The highest BCUT2D eigenvalue weighted by Gasteiger charge is 2.54. The molecule has 0 N–H and O–H groups in total. The second-order valence-corrected chi connectivity index (χ2v) is 14.1. The summed E-state index contributed by atoms with van der Waals surface area (Å²) in [7, 11) is -2.53. The van der Waals surface area contributed by atoms with Gasteiger partial charge >= 0.3 is 0 Å². The van der Waals surface area contributed by atoms with Gasteiger partial charge in [0, 0.05) is 18.9 Å². The lowest BCUT2D eigenvalue weighted by atomic mass is 9.81. The van der Waals surface area contributed by atoms with Gasteiger partial charge in [0.2, 0.25) is 0 Å². The lowest BCUT2D eigenvalue weighted by Crippen LogP contribution is -2.68. The van der Waals surface area contributed by atoms with E-state index in [9.17, 15) is 0 Å². The van der Waals surface area contributed by atoms with Gasteiger partial charge < -0.3 is 13.9 Å². The van der Waals surface area contributed by atoms with Gasteiger partial charge in [-0.1, -0.05) is 94.8 Å². The van der Waals surface area contributed by atoms with E-state index in [4.69, 9.17) is 13.9 Å². The topological polar surface area (TPSA) is 27.7 Å². The van der Waals surface area contributed by atoms with Gasteiger partial charge in [0.25, 0.3) is 8.32 Å². The first-order valence-electron chi connectivity index (χ1n) is 11.5. The molecular weight excluding hydrogens is 388 g/mol. The average Bonchev–Trinajstić information content (AvgIpc) is 3.21. The van der Waals surface area contributed by atoms with Gasteiger partial charge in [-0.15, -0.1) is 0 Å². The fourth-order valence-corrected chi connectivity index (χ4v) is 10.3. The van der Waals surface area contributed by atoms with Crippen LogP contribution in [0, 0.1) is 5.92 Å². The van der Waals surface area contributed by atoms with E-state index in [0.29, 0.717) is 5.92 Å². The van der Waals surface area contributed by atoms with Crippen LogP contribution in [0.25, 0.3) is 0 Å². The first-order chi connectivity index (χ1) is 14.4. The summed E-state index contributed by atoms with van der Waals surface area (Å²) < 4.78 is 19.6. The van der Waals surface area contributed by atoms with Crippen molar-refractivity contribution in [2.24, 2.45) is 5.92 Å². The van der Waals surface area contributed by atoms with Crippen LogP contribution in [-0.2, 0) is 13.9 Å². The molecule has 30 heavy (non-hydrogen) atoms. The first kappa shape index (κ1) is 21.8. The molecule has 1 aliphatic carbocycles. The van der Waals surface area contributed by atoms with E-state index < -0.39 is 8.32 Å². The summed E-state index contributed by atoms with van der Waals surface area (Å²) in [5, 5.41) is 2.71. The molecule has 4 heteroatoms. The van der Waals surface area contributed by atoms with Crippen LogP contribution >= 0.6 is 0 Å². The van der Waals surface area contributed by atoms with E-state index in [1.807, 2.05) is 0 Å². The van der Waals surface area contributed by atoms with Gasteiger partial charge in [0.15, 0.2) is 5.79 Å². The zero-order chi connectivity index (χ0) is 21.2. The minimum atomic E-state index is -2.53. The Hall–Kier alpha value is -1.46. The molecule has 1 spiro atoms. The van der Waals surface area contributed by atoms with Crippen LogP contribution in [0.5, 0.6) is 0 Å². The molecule has 0 unspecified atom stereocenters. The Kier molecular flexibility index (Phi) is 6.22. The third kappa shape index (κ3) is 3.91. The molecule has 4 rings (SSSR count). The Morgan fingerprint density at radius 1 is 0.933 bits per heavy atom. The summed E-state index contributed by atoms with van der Waals surface area (Å²) in [6.07, 6.45) is 4.15. The van der Waals surface area contributed by atoms with Crippen molar-refractivity contribution in [2.45, 2.75) is 70.3 Å². The monoisotopic (exact) mass is 424 g/mol. The maximum absolute atomic E-state index is 7.45. The van der Waals surface area contributed by atoms with E-state index >= 15 is 0 Å². The smallest absolute Gasteiger partial charge is 0.261 e. The van der Waals surface area contributed by atoms with Crippen LogP contribution in [0.4, 0.5) is 0 Å². The molecule has 3 nitrogen and oxygen atoms in total. The van der Waals surface area contributed by atoms with Crippen molar-refractivity contribution >= 4 is 18.7 Å². The first-order valence-corrected chi connectivity index (χ1v) is 13.4. The second kappa shape index (κ2) is 8.58. The van der Waals surface area contributed by atoms with Crippen LogP contribution in [0.1, 0.15) is 53.4 Å². The van der Waals surface area contributed by atoms with E-state index in [0.717, 1.165) is 38.9 Å². The minimum absolute atomic E-state index is 0.00346. The quantitative estimate of drug-likeness (QED) is 0.640. The second-order valence-electron chi connectivity index (χ2n) is 9.84. The fraction of sp³-hybridized carbons (Fsp3) is 0.538. The third-order valence-corrected chi connectivity index (χ3v) is 12.1. The summed E-state index contributed by atoms with van der Waals surface area (Å²) in [4.78, 5) is 0. The van der Waals surface area contributed by atoms with E-state index in [1.165, 1.54) is 10.4 Å². The number of hydrogen-bond donors (Lipinski definition) is 0. The van der Waals surface area contributed by atoms with Crippen molar-refractivity contribution in [1.82, 2.24) is 0 Å². The fourth-order valence-electron chi connectivity index (χ4n) is 5.47. The SMILES string of the molecule is CC[C@@H]1CC2(CC[C@H]1O[Si](c1ccccc1)(c1ccccc1)C(C)(C)C)OCCO2. The lowest BCUT2D eigenvalue weighted by molar-refractivity contribution is -0.200. The van der Waals surface area contributed by atoms with Crippen molar-refractivity contribution in [2.75, 3.05) is 13.2 Å². The standard InChI is InChI=1S/C26H36O3Si/c1-5-21-20-26(27-18-19-28-26)17-16-24(21)29-30(25(2,3)4,22-12-8-6-9-13-22)23-14-10-7-11-15-23/h6-15,21,24H,5,16-20H2,1-4H3/t21-,24-/m1/s1. The van der Waals surface area contributed by atoms with Crippen molar-refractivity contribution in [3.8, 4) is 0 Å². The summed E-state index contributed by atoms with van der Waals surface area (Å²) in [6.45, 7) is 10.8. The highest BCUT2D eigenvalue weighted by atomic mass is 28.4. The van der Waals surface area contributed by atoms with Crippen LogP contribution in [0.3, 0.4) is 0 Å². The Morgan fingerprint density at radius 3 is 1.93 bits per heavy atom.